The number of fused-ring (bicyclic) bond motifs is 3. The van der Waals surface area contributed by atoms with E-state index >= 15 is 4.39 Å². The van der Waals surface area contributed by atoms with E-state index < -0.39 is 76.0 Å². The number of sulfonamides is 1. The Morgan fingerprint density at radius 1 is 1.03 bits per heavy atom. The van der Waals surface area contributed by atoms with Gasteiger partial charge in [-0.25, -0.2) is 29.9 Å². The van der Waals surface area contributed by atoms with Crippen LogP contribution in [-0.4, -0.2) is 46.6 Å². The number of halogens is 5. The van der Waals surface area contributed by atoms with Gasteiger partial charge in [-0.2, -0.15) is 13.2 Å². The summed E-state index contributed by atoms with van der Waals surface area (Å²) in [6, 6.07) is 4.55. The van der Waals surface area contributed by atoms with Crippen LogP contribution in [0, 0.1) is 23.5 Å². The fourth-order valence-electron chi connectivity index (χ4n) is 6.09. The largest absolute Gasteiger partial charge is 0.490 e. The highest BCUT2D eigenvalue weighted by atomic mass is 32.2. The third-order valence-electron chi connectivity index (χ3n) is 7.79. The monoisotopic (exact) mass is 565 g/mol. The molecule has 5 rings (SSSR count). The molecule has 3 atom stereocenters. The summed E-state index contributed by atoms with van der Waals surface area (Å²) in [7, 11) is -8.14. The highest BCUT2D eigenvalue weighted by Gasteiger charge is 2.61. The molecule has 202 valence electrons. The molecule has 6 nitrogen and oxygen atoms in total. The number of nitrogens with zero attached hydrogens (tertiary/aromatic N) is 1. The molecule has 1 aliphatic carbocycles. The predicted octanol–water partition coefficient (Wildman–Crippen LogP) is 4.50. The summed E-state index contributed by atoms with van der Waals surface area (Å²) in [6.07, 6.45) is -3.71. The van der Waals surface area contributed by atoms with Crippen LogP contribution in [0.1, 0.15) is 36.8 Å². The molecule has 2 aromatic rings. The molecule has 13 heteroatoms. The van der Waals surface area contributed by atoms with Gasteiger partial charge in [0, 0.05) is 19.0 Å². The molecule has 0 spiro atoms. The van der Waals surface area contributed by atoms with Crippen molar-refractivity contribution in [1.29, 1.82) is 0 Å². The predicted molar refractivity (Wildman–Crippen MR) is 123 cm³/mol. The van der Waals surface area contributed by atoms with E-state index in [4.69, 9.17) is 4.74 Å². The van der Waals surface area contributed by atoms with Gasteiger partial charge in [-0.05, 0) is 61.6 Å². The molecule has 2 fully saturated rings. The molecule has 1 saturated carbocycles. The van der Waals surface area contributed by atoms with Crippen molar-refractivity contribution in [3.05, 3.63) is 59.2 Å². The van der Waals surface area contributed by atoms with Crippen LogP contribution in [-0.2, 0) is 30.8 Å². The van der Waals surface area contributed by atoms with Crippen LogP contribution in [0.25, 0.3) is 0 Å². The lowest BCUT2D eigenvalue weighted by molar-refractivity contribution is -0.137. The van der Waals surface area contributed by atoms with Crippen LogP contribution in [0.4, 0.5) is 22.0 Å². The SMILES string of the molecule is O=S1(=O)CCCN1C[C@@H]1CCC[C@@]2(S(=O)(=O)c3ccc(C(F)(F)F)cc3)c3c(F)ccc(F)c3OC[C@@H]12. The van der Waals surface area contributed by atoms with Crippen molar-refractivity contribution in [1.82, 2.24) is 4.31 Å². The number of rotatable bonds is 4. The molecular weight excluding hydrogens is 541 g/mol. The van der Waals surface area contributed by atoms with Crippen LogP contribution >= 0.6 is 0 Å². The van der Waals surface area contributed by atoms with E-state index in [0.717, 1.165) is 24.3 Å². The van der Waals surface area contributed by atoms with Crippen LogP contribution < -0.4 is 4.74 Å². The zero-order chi connectivity index (χ0) is 26.8. The minimum absolute atomic E-state index is 0.00703. The van der Waals surface area contributed by atoms with Crippen molar-refractivity contribution >= 4 is 19.9 Å². The summed E-state index contributed by atoms with van der Waals surface area (Å²) in [5.41, 5.74) is -1.54. The molecule has 0 N–H and O–H groups in total. The van der Waals surface area contributed by atoms with Crippen molar-refractivity contribution in [2.75, 3.05) is 25.4 Å². The van der Waals surface area contributed by atoms with E-state index in [1.165, 1.54) is 4.31 Å². The van der Waals surface area contributed by atoms with Gasteiger partial charge in [0.2, 0.25) is 10.0 Å². The van der Waals surface area contributed by atoms with Gasteiger partial charge in [-0.3, -0.25) is 0 Å². The Hall–Kier alpha value is -2.25. The molecule has 37 heavy (non-hydrogen) atoms. The zero-order valence-corrected chi connectivity index (χ0v) is 21.1. The lowest BCUT2D eigenvalue weighted by atomic mass is 9.67. The Balaban J connectivity index is 1.68. The molecular formula is C24H24F5NO5S2. The second kappa shape index (κ2) is 8.91. The summed E-state index contributed by atoms with van der Waals surface area (Å²) in [5, 5.41) is 0. The van der Waals surface area contributed by atoms with E-state index in [1.54, 1.807) is 0 Å². The van der Waals surface area contributed by atoms with Crippen LogP contribution in [0.5, 0.6) is 5.75 Å². The van der Waals surface area contributed by atoms with Gasteiger partial charge in [0.1, 0.15) is 10.6 Å². The first-order valence-corrected chi connectivity index (χ1v) is 14.9. The second-order valence-corrected chi connectivity index (χ2v) is 14.0. The topological polar surface area (TPSA) is 80.8 Å². The number of ether oxygens (including phenoxy) is 1. The average molecular weight is 566 g/mol. The Morgan fingerprint density at radius 3 is 2.32 bits per heavy atom. The first kappa shape index (κ1) is 26.4. The van der Waals surface area contributed by atoms with Crippen molar-refractivity contribution in [2.45, 2.75) is 41.5 Å². The van der Waals surface area contributed by atoms with Gasteiger partial charge >= 0.3 is 6.18 Å². The van der Waals surface area contributed by atoms with Gasteiger partial charge in [0.05, 0.1) is 28.4 Å². The van der Waals surface area contributed by atoms with E-state index in [9.17, 15) is 34.4 Å². The number of hydrogen-bond acceptors (Lipinski definition) is 5. The molecule has 0 amide bonds. The van der Waals surface area contributed by atoms with Gasteiger partial charge in [0.25, 0.3) is 0 Å². The van der Waals surface area contributed by atoms with E-state index in [-0.39, 0.29) is 38.3 Å². The van der Waals surface area contributed by atoms with Crippen molar-refractivity contribution in [3.8, 4) is 5.75 Å². The van der Waals surface area contributed by atoms with Crippen molar-refractivity contribution < 1.29 is 43.5 Å². The van der Waals surface area contributed by atoms with E-state index in [2.05, 4.69) is 0 Å². The zero-order valence-electron chi connectivity index (χ0n) is 19.5. The standard InChI is InChI=1S/C24H24F5NO5S2/c25-19-8-9-20(26)22-21(19)23(37(33,34)17-6-4-16(5-7-17)24(27,28)29)10-1-3-15(18(23)14-35-22)13-30-11-2-12-36(30,31)32/h4-9,15,18H,1-3,10-14H2/t15-,18-,23-/m0/s1. The van der Waals surface area contributed by atoms with Crippen LogP contribution in [0.3, 0.4) is 0 Å². The maximum atomic E-state index is 15.4. The molecule has 3 aliphatic rings. The molecule has 0 unspecified atom stereocenters. The fourth-order valence-corrected chi connectivity index (χ4v) is 10.1. The first-order chi connectivity index (χ1) is 17.3. The molecule has 2 heterocycles. The van der Waals surface area contributed by atoms with Crippen LogP contribution in [0.2, 0.25) is 0 Å². The van der Waals surface area contributed by atoms with Gasteiger partial charge in [0.15, 0.2) is 21.4 Å². The Kier molecular flexibility index (Phi) is 6.35. The Morgan fingerprint density at radius 2 is 1.70 bits per heavy atom. The maximum absolute atomic E-state index is 15.4. The molecule has 2 aliphatic heterocycles. The lowest BCUT2D eigenvalue weighted by Gasteiger charge is -2.50. The van der Waals surface area contributed by atoms with Gasteiger partial charge in [-0.15, -0.1) is 0 Å². The number of benzene rings is 2. The summed E-state index contributed by atoms with van der Waals surface area (Å²) in [4.78, 5) is -0.462. The van der Waals surface area contributed by atoms with Crippen LogP contribution in [0.15, 0.2) is 41.3 Å². The third-order valence-corrected chi connectivity index (χ3v) is 12.3. The molecule has 0 radical (unpaired) electrons. The quantitative estimate of drug-likeness (QED) is 0.511. The first-order valence-electron chi connectivity index (χ1n) is 11.8. The minimum Gasteiger partial charge on any atom is -0.490 e. The average Bonchev–Trinajstić information content (AvgIpc) is 3.18. The lowest BCUT2D eigenvalue weighted by Crippen LogP contribution is -2.55. The molecule has 0 aromatic heterocycles. The molecule has 1 saturated heterocycles. The Bertz CT molecular complexity index is 1430. The highest BCUT2D eigenvalue weighted by Crippen LogP contribution is 2.58. The minimum atomic E-state index is -4.69. The smallest absolute Gasteiger partial charge is 0.416 e. The van der Waals surface area contributed by atoms with Crippen molar-refractivity contribution in [2.24, 2.45) is 11.8 Å². The molecule has 2 aromatic carbocycles. The summed E-state index contributed by atoms with van der Waals surface area (Å²) < 4.78 is 128. The van der Waals surface area contributed by atoms with Gasteiger partial charge in [-0.1, -0.05) is 6.42 Å². The number of sulfone groups is 1. The normalized spacial score (nSPS) is 27.8. The third kappa shape index (κ3) is 4.13. The Labute approximate surface area is 211 Å². The number of alkyl halides is 3. The maximum Gasteiger partial charge on any atom is 0.416 e. The second-order valence-electron chi connectivity index (χ2n) is 9.75. The fraction of sp³-hybridized carbons (Fsp3) is 0.500. The number of hydrogen-bond donors (Lipinski definition) is 0. The van der Waals surface area contributed by atoms with Gasteiger partial charge < -0.3 is 4.74 Å². The van der Waals surface area contributed by atoms with E-state index in [0.29, 0.717) is 25.0 Å². The van der Waals surface area contributed by atoms with E-state index in [1.807, 2.05) is 0 Å². The summed E-state index contributed by atoms with van der Waals surface area (Å²) in [6.45, 7) is -0.0522. The highest BCUT2D eigenvalue weighted by molar-refractivity contribution is 7.92. The van der Waals surface area contributed by atoms with Crippen molar-refractivity contribution in [3.63, 3.8) is 0 Å². The summed E-state index contributed by atoms with van der Waals surface area (Å²) in [5.74, 6) is -4.07. The molecule has 0 bridgehead atoms. The summed E-state index contributed by atoms with van der Waals surface area (Å²) >= 11 is 0.